The second-order valence-corrected chi connectivity index (χ2v) is 8.23. The van der Waals surface area contributed by atoms with Gasteiger partial charge in [-0.2, -0.15) is 0 Å². The summed E-state index contributed by atoms with van der Waals surface area (Å²) < 4.78 is 22.4. The van der Waals surface area contributed by atoms with Gasteiger partial charge in [0.1, 0.15) is 31.0 Å². The van der Waals surface area contributed by atoms with E-state index in [-0.39, 0.29) is 19.1 Å². The van der Waals surface area contributed by atoms with E-state index in [1.54, 1.807) is 36.4 Å². The normalized spacial score (nSPS) is 39.3. The molecule has 32 heavy (non-hydrogen) atoms. The van der Waals surface area contributed by atoms with Gasteiger partial charge in [-0.1, -0.05) is 24.3 Å². The summed E-state index contributed by atoms with van der Waals surface area (Å²) in [5, 5.41) is 50.1. The smallest absolute Gasteiger partial charge is 0.338 e. The van der Waals surface area contributed by atoms with Crippen molar-refractivity contribution in [3.05, 3.63) is 47.5 Å². The van der Waals surface area contributed by atoms with Crippen LogP contribution in [0.2, 0.25) is 0 Å². The number of carbonyl (C=O) groups excluding carboxylic acids is 1. The summed E-state index contributed by atoms with van der Waals surface area (Å²) >= 11 is 0. The lowest BCUT2D eigenvalue weighted by Gasteiger charge is -2.43. The lowest BCUT2D eigenvalue weighted by Crippen LogP contribution is -2.60. The Kier molecular flexibility index (Phi) is 7.23. The summed E-state index contributed by atoms with van der Waals surface area (Å²) in [7, 11) is 0. The summed E-state index contributed by atoms with van der Waals surface area (Å²) in [6.45, 7) is -0.378. The van der Waals surface area contributed by atoms with Gasteiger partial charge in [0, 0.05) is 11.8 Å². The van der Waals surface area contributed by atoms with Gasteiger partial charge < -0.3 is 44.5 Å². The maximum absolute atomic E-state index is 12.3. The number of hydrogen-bond acceptors (Lipinski definition) is 10. The Hall–Kier alpha value is -1.89. The SMILES string of the molecule is O=C(OCC1=C[C@@H](O)[C@@H]2CCO[C@@H](O[C@@H]3O[C@H](CO)[C@@H](O)[C@H](O)[C@H]3O)[C@H]12)c1ccccc1. The Labute approximate surface area is 184 Å². The third-order valence-corrected chi connectivity index (χ3v) is 6.24. The van der Waals surface area contributed by atoms with Crippen molar-refractivity contribution in [2.45, 2.75) is 49.5 Å². The van der Waals surface area contributed by atoms with Gasteiger partial charge in [0.25, 0.3) is 0 Å². The predicted octanol–water partition coefficient (Wildman–Crippen LogP) is -1.06. The van der Waals surface area contributed by atoms with Crippen LogP contribution < -0.4 is 0 Å². The minimum absolute atomic E-state index is 0.0795. The molecule has 3 aliphatic rings. The van der Waals surface area contributed by atoms with Crippen molar-refractivity contribution < 1.29 is 49.3 Å². The number of aliphatic hydroxyl groups is 5. The van der Waals surface area contributed by atoms with Crippen LogP contribution in [0.3, 0.4) is 0 Å². The largest absolute Gasteiger partial charge is 0.458 e. The number of ether oxygens (including phenoxy) is 4. The molecule has 0 bridgehead atoms. The minimum atomic E-state index is -1.58. The highest BCUT2D eigenvalue weighted by atomic mass is 16.8. The van der Waals surface area contributed by atoms with Crippen LogP contribution in [-0.2, 0) is 18.9 Å². The molecule has 10 heteroatoms. The number of aliphatic hydroxyl groups excluding tert-OH is 5. The van der Waals surface area contributed by atoms with Gasteiger partial charge in [0.2, 0.25) is 0 Å². The molecule has 0 radical (unpaired) electrons. The third kappa shape index (κ3) is 4.59. The fourth-order valence-corrected chi connectivity index (χ4v) is 4.48. The van der Waals surface area contributed by atoms with Crippen LogP contribution in [-0.4, -0.2) is 94.4 Å². The minimum Gasteiger partial charge on any atom is -0.458 e. The van der Waals surface area contributed by atoms with Gasteiger partial charge in [-0.3, -0.25) is 0 Å². The second kappa shape index (κ2) is 9.94. The Bertz CT molecular complexity index is 812. The number of fused-ring (bicyclic) bond motifs is 1. The van der Waals surface area contributed by atoms with Gasteiger partial charge in [-0.15, -0.1) is 0 Å². The van der Waals surface area contributed by atoms with Crippen LogP contribution in [0.1, 0.15) is 16.8 Å². The molecule has 4 rings (SSSR count). The topological polar surface area (TPSA) is 155 Å². The van der Waals surface area contributed by atoms with Crippen LogP contribution in [0, 0.1) is 11.8 Å². The Morgan fingerprint density at radius 3 is 2.50 bits per heavy atom. The Morgan fingerprint density at radius 2 is 1.78 bits per heavy atom. The molecule has 0 amide bonds. The quantitative estimate of drug-likeness (QED) is 0.266. The summed E-state index contributed by atoms with van der Waals surface area (Å²) in [5.41, 5.74) is 1.01. The molecular weight excluding hydrogens is 424 g/mol. The second-order valence-electron chi connectivity index (χ2n) is 8.23. The maximum Gasteiger partial charge on any atom is 0.338 e. The molecule has 9 atom stereocenters. The zero-order valence-electron chi connectivity index (χ0n) is 17.3. The fourth-order valence-electron chi connectivity index (χ4n) is 4.48. The first kappa shape index (κ1) is 23.3. The molecule has 0 saturated carbocycles. The Balaban J connectivity index is 1.45. The van der Waals surface area contributed by atoms with Crippen LogP contribution in [0.25, 0.3) is 0 Å². The van der Waals surface area contributed by atoms with E-state index in [1.807, 2.05) is 0 Å². The zero-order valence-corrected chi connectivity index (χ0v) is 17.3. The van der Waals surface area contributed by atoms with Crippen molar-refractivity contribution in [1.82, 2.24) is 0 Å². The molecule has 0 unspecified atom stereocenters. The van der Waals surface area contributed by atoms with Crippen LogP contribution in [0.5, 0.6) is 0 Å². The van der Waals surface area contributed by atoms with E-state index in [4.69, 9.17) is 18.9 Å². The summed E-state index contributed by atoms with van der Waals surface area (Å²) in [5.74, 6) is -1.23. The average molecular weight is 452 g/mol. The summed E-state index contributed by atoms with van der Waals surface area (Å²) in [4.78, 5) is 12.3. The molecule has 2 fully saturated rings. The molecule has 5 N–H and O–H groups in total. The van der Waals surface area contributed by atoms with Gasteiger partial charge in [-0.05, 0) is 24.1 Å². The highest BCUT2D eigenvalue weighted by Gasteiger charge is 2.49. The first-order valence-electron chi connectivity index (χ1n) is 10.6. The van der Waals surface area contributed by atoms with Gasteiger partial charge in [-0.25, -0.2) is 4.79 Å². The lowest BCUT2D eigenvalue weighted by atomic mass is 9.85. The molecule has 2 saturated heterocycles. The molecule has 1 aliphatic carbocycles. The van der Waals surface area contributed by atoms with E-state index in [2.05, 4.69) is 0 Å². The molecule has 0 spiro atoms. The standard InChI is InChI=1S/C22H28O10/c23-9-15-17(25)18(26)19(27)22(31-15)32-21-16-12(8-14(24)13(16)6-7-29-21)10-30-20(28)11-4-2-1-3-5-11/h1-5,8,13-19,21-27H,6-7,9-10H2/t13-,14+,15+,16+,17+,18-,19+,21-,22-/m0/s1. The van der Waals surface area contributed by atoms with Gasteiger partial charge in [0.05, 0.1) is 24.9 Å². The van der Waals surface area contributed by atoms with Crippen LogP contribution in [0.15, 0.2) is 42.0 Å². The monoisotopic (exact) mass is 452 g/mol. The first-order valence-corrected chi connectivity index (χ1v) is 10.6. The predicted molar refractivity (Wildman–Crippen MR) is 107 cm³/mol. The van der Waals surface area contributed by atoms with E-state index in [0.29, 0.717) is 17.6 Å². The number of esters is 1. The van der Waals surface area contributed by atoms with Crippen molar-refractivity contribution in [3.8, 4) is 0 Å². The van der Waals surface area contributed by atoms with Gasteiger partial charge >= 0.3 is 5.97 Å². The number of rotatable bonds is 6. The lowest BCUT2D eigenvalue weighted by molar-refractivity contribution is -0.350. The molecule has 2 aliphatic heterocycles. The molecule has 10 nitrogen and oxygen atoms in total. The maximum atomic E-state index is 12.3. The fraction of sp³-hybridized carbons (Fsp3) is 0.591. The van der Waals surface area contributed by atoms with Gasteiger partial charge in [0.15, 0.2) is 12.6 Å². The first-order chi connectivity index (χ1) is 15.4. The molecule has 1 aromatic carbocycles. The molecule has 176 valence electrons. The molecule has 2 heterocycles. The van der Waals surface area contributed by atoms with Crippen molar-refractivity contribution in [3.63, 3.8) is 0 Å². The van der Waals surface area contributed by atoms with Crippen molar-refractivity contribution in [2.24, 2.45) is 11.8 Å². The molecular formula is C22H28O10. The molecule has 1 aromatic rings. The highest BCUT2D eigenvalue weighted by molar-refractivity contribution is 5.89. The van der Waals surface area contributed by atoms with Crippen molar-refractivity contribution >= 4 is 5.97 Å². The highest BCUT2D eigenvalue weighted by Crippen LogP contribution is 2.42. The van der Waals surface area contributed by atoms with Crippen molar-refractivity contribution in [1.29, 1.82) is 0 Å². The third-order valence-electron chi connectivity index (χ3n) is 6.24. The van der Waals surface area contributed by atoms with E-state index >= 15 is 0 Å². The van der Waals surface area contributed by atoms with E-state index in [1.165, 1.54) is 0 Å². The number of hydrogen-bond donors (Lipinski definition) is 5. The number of carbonyl (C=O) groups is 1. The van der Waals surface area contributed by atoms with Crippen LogP contribution >= 0.6 is 0 Å². The van der Waals surface area contributed by atoms with E-state index in [9.17, 15) is 30.3 Å². The summed E-state index contributed by atoms with van der Waals surface area (Å²) in [6.07, 6.45) is -6.74. The number of benzene rings is 1. The van der Waals surface area contributed by atoms with Crippen LogP contribution in [0.4, 0.5) is 0 Å². The zero-order chi connectivity index (χ0) is 22.8. The van der Waals surface area contributed by atoms with E-state index in [0.717, 1.165) is 0 Å². The molecule has 0 aromatic heterocycles. The van der Waals surface area contributed by atoms with E-state index < -0.39 is 61.6 Å². The average Bonchev–Trinajstić information content (AvgIpc) is 3.14. The Morgan fingerprint density at radius 1 is 1.03 bits per heavy atom. The summed E-state index contributed by atoms with van der Waals surface area (Å²) in [6, 6.07) is 8.52. The van der Waals surface area contributed by atoms with Crippen molar-refractivity contribution in [2.75, 3.05) is 19.8 Å².